The molecule has 32 heavy (non-hydrogen) atoms. The van der Waals surface area contributed by atoms with Crippen LogP contribution in [0, 0.1) is 19.8 Å². The zero-order valence-electron chi connectivity index (χ0n) is 18.0. The highest BCUT2D eigenvalue weighted by atomic mass is 35.5. The monoisotopic (exact) mass is 456 g/mol. The molecular formula is C23H25ClN4O4. The normalized spacial score (nSPS) is 19.6. The minimum absolute atomic E-state index is 0.152. The van der Waals surface area contributed by atoms with Gasteiger partial charge in [0.1, 0.15) is 11.3 Å². The summed E-state index contributed by atoms with van der Waals surface area (Å²) in [4.78, 5) is 31.0. The SMILES string of the molecule is Cc1cnc(C(N)C2CCN(c3c(Cl)cc4c(=O)c(C(=O)O)cn(C5CC5)c4c3C)C2)o1. The number of aromatic carboxylic acids is 1. The van der Waals surface area contributed by atoms with E-state index in [-0.39, 0.29) is 23.6 Å². The van der Waals surface area contributed by atoms with Crippen LogP contribution in [0.15, 0.2) is 27.7 Å². The summed E-state index contributed by atoms with van der Waals surface area (Å²) < 4.78 is 7.58. The number of nitrogens with zero attached hydrogens (tertiary/aromatic N) is 3. The number of aromatic nitrogens is 2. The Hall–Kier alpha value is -2.84. The number of hydrogen-bond acceptors (Lipinski definition) is 6. The molecule has 1 aromatic carbocycles. The average Bonchev–Trinajstić information content (AvgIpc) is 3.31. The predicted octanol–water partition coefficient (Wildman–Crippen LogP) is 3.82. The smallest absolute Gasteiger partial charge is 0.341 e. The van der Waals surface area contributed by atoms with Crippen LogP contribution >= 0.6 is 11.6 Å². The highest BCUT2D eigenvalue weighted by molar-refractivity contribution is 6.34. The number of aryl methyl sites for hydroxylation is 2. The molecule has 3 aromatic rings. The fraction of sp³-hybridized carbons (Fsp3) is 0.435. The van der Waals surface area contributed by atoms with Gasteiger partial charge in [0.25, 0.3) is 0 Å². The fourth-order valence-corrected chi connectivity index (χ4v) is 5.23. The van der Waals surface area contributed by atoms with E-state index in [9.17, 15) is 14.7 Å². The molecule has 1 aliphatic heterocycles. The summed E-state index contributed by atoms with van der Waals surface area (Å²) in [5.74, 6) is 0.207. The number of carbonyl (C=O) groups is 1. The molecule has 1 saturated carbocycles. The summed E-state index contributed by atoms with van der Waals surface area (Å²) in [5, 5.41) is 10.3. The molecule has 2 fully saturated rings. The third-order valence-corrected chi connectivity index (χ3v) is 6.91. The quantitative estimate of drug-likeness (QED) is 0.599. The van der Waals surface area contributed by atoms with Crippen molar-refractivity contribution >= 4 is 34.2 Å². The van der Waals surface area contributed by atoms with Crippen LogP contribution in [0.4, 0.5) is 5.69 Å². The Morgan fingerprint density at radius 1 is 1.34 bits per heavy atom. The van der Waals surface area contributed by atoms with Crippen LogP contribution < -0.4 is 16.1 Å². The van der Waals surface area contributed by atoms with Gasteiger partial charge in [0, 0.05) is 36.6 Å². The van der Waals surface area contributed by atoms with E-state index in [1.807, 2.05) is 18.4 Å². The van der Waals surface area contributed by atoms with Crippen molar-refractivity contribution in [2.24, 2.45) is 11.7 Å². The molecule has 5 rings (SSSR count). The maximum absolute atomic E-state index is 12.9. The largest absolute Gasteiger partial charge is 0.477 e. The molecule has 1 saturated heterocycles. The van der Waals surface area contributed by atoms with Gasteiger partial charge >= 0.3 is 5.97 Å². The zero-order chi connectivity index (χ0) is 22.7. The lowest BCUT2D eigenvalue weighted by atomic mass is 10.00. The van der Waals surface area contributed by atoms with E-state index in [4.69, 9.17) is 21.8 Å². The first-order chi connectivity index (χ1) is 15.3. The van der Waals surface area contributed by atoms with Gasteiger partial charge in [0.05, 0.1) is 28.5 Å². The van der Waals surface area contributed by atoms with Gasteiger partial charge in [-0.05, 0) is 44.7 Å². The van der Waals surface area contributed by atoms with Crippen molar-refractivity contribution < 1.29 is 14.3 Å². The van der Waals surface area contributed by atoms with Crippen LogP contribution in [-0.2, 0) is 0 Å². The molecule has 0 radical (unpaired) electrons. The maximum atomic E-state index is 12.9. The second-order valence-corrected chi connectivity index (χ2v) is 9.28. The van der Waals surface area contributed by atoms with Crippen molar-refractivity contribution in [2.45, 2.75) is 45.2 Å². The lowest BCUT2D eigenvalue weighted by molar-refractivity contribution is 0.0695. The first-order valence-electron chi connectivity index (χ1n) is 10.8. The van der Waals surface area contributed by atoms with Gasteiger partial charge in [0.15, 0.2) is 0 Å². The Morgan fingerprint density at radius 2 is 2.09 bits per heavy atom. The van der Waals surface area contributed by atoms with E-state index in [2.05, 4.69) is 9.88 Å². The highest BCUT2D eigenvalue weighted by Gasteiger charge is 2.34. The van der Waals surface area contributed by atoms with Gasteiger partial charge in [-0.1, -0.05) is 11.6 Å². The van der Waals surface area contributed by atoms with Crippen molar-refractivity contribution in [1.29, 1.82) is 0 Å². The van der Waals surface area contributed by atoms with Crippen LogP contribution in [0.1, 0.15) is 58.9 Å². The summed E-state index contributed by atoms with van der Waals surface area (Å²) in [5.41, 5.74) is 8.24. The Bertz CT molecular complexity index is 1290. The molecule has 3 heterocycles. The third kappa shape index (κ3) is 3.38. The van der Waals surface area contributed by atoms with Gasteiger partial charge in [-0.3, -0.25) is 4.79 Å². The standard InChI is InChI=1S/C23H25ClN4O4/c1-11-8-26-22(32-11)18(25)13-5-6-27(9-13)20-12(2)19-15(7-17(20)24)21(29)16(23(30)31)10-28(19)14-3-4-14/h7-8,10,13-14,18H,3-6,9,25H2,1-2H3,(H,30,31). The minimum atomic E-state index is -1.22. The van der Waals surface area contributed by atoms with Crippen LogP contribution in [0.2, 0.25) is 5.02 Å². The van der Waals surface area contributed by atoms with E-state index < -0.39 is 11.4 Å². The summed E-state index contributed by atoms with van der Waals surface area (Å²) in [6, 6.07) is 1.52. The number of fused-ring (bicyclic) bond motifs is 1. The Balaban J connectivity index is 1.57. The van der Waals surface area contributed by atoms with Gasteiger partial charge in [0.2, 0.25) is 11.3 Å². The number of halogens is 1. The molecule has 2 aliphatic rings. The van der Waals surface area contributed by atoms with Gasteiger partial charge < -0.3 is 24.7 Å². The van der Waals surface area contributed by atoms with Crippen LogP contribution in [0.3, 0.4) is 0 Å². The molecule has 0 spiro atoms. The van der Waals surface area contributed by atoms with Crippen LogP contribution in [-0.4, -0.2) is 33.7 Å². The highest BCUT2D eigenvalue weighted by Crippen LogP contribution is 2.43. The molecular weight excluding hydrogens is 432 g/mol. The topological polar surface area (TPSA) is 115 Å². The van der Waals surface area contributed by atoms with E-state index in [1.54, 1.807) is 12.3 Å². The van der Waals surface area contributed by atoms with Crippen molar-refractivity contribution in [3.8, 4) is 0 Å². The summed E-state index contributed by atoms with van der Waals surface area (Å²) >= 11 is 6.69. The number of nitrogens with two attached hydrogens (primary N) is 1. The number of rotatable bonds is 5. The van der Waals surface area contributed by atoms with E-state index >= 15 is 0 Å². The molecule has 9 heteroatoms. The molecule has 0 bridgehead atoms. The Labute approximate surface area is 189 Å². The number of benzene rings is 1. The second-order valence-electron chi connectivity index (χ2n) is 8.87. The van der Waals surface area contributed by atoms with Crippen LogP contribution in [0.5, 0.6) is 0 Å². The first kappa shape index (κ1) is 21.0. The van der Waals surface area contributed by atoms with Gasteiger partial charge in [-0.25, -0.2) is 9.78 Å². The third-order valence-electron chi connectivity index (χ3n) is 6.62. The average molecular weight is 457 g/mol. The lowest BCUT2D eigenvalue weighted by Gasteiger charge is -2.25. The Morgan fingerprint density at radius 3 is 2.72 bits per heavy atom. The fourth-order valence-electron chi connectivity index (χ4n) is 4.86. The van der Waals surface area contributed by atoms with Gasteiger partial charge in [-0.15, -0.1) is 0 Å². The van der Waals surface area contributed by atoms with Crippen molar-refractivity contribution in [3.63, 3.8) is 0 Å². The molecule has 0 amide bonds. The van der Waals surface area contributed by atoms with Crippen molar-refractivity contribution in [3.05, 3.63) is 56.5 Å². The number of pyridine rings is 1. The first-order valence-corrected chi connectivity index (χ1v) is 11.2. The predicted molar refractivity (Wildman–Crippen MR) is 122 cm³/mol. The zero-order valence-corrected chi connectivity index (χ0v) is 18.7. The van der Waals surface area contributed by atoms with Crippen LogP contribution in [0.25, 0.3) is 10.9 Å². The van der Waals surface area contributed by atoms with Crippen molar-refractivity contribution in [2.75, 3.05) is 18.0 Å². The van der Waals surface area contributed by atoms with Crippen molar-refractivity contribution in [1.82, 2.24) is 9.55 Å². The number of anilines is 1. The lowest BCUT2D eigenvalue weighted by Crippen LogP contribution is -2.27. The summed E-state index contributed by atoms with van der Waals surface area (Å²) in [6.07, 6.45) is 5.96. The Kier molecular flexibility index (Phi) is 5.02. The summed E-state index contributed by atoms with van der Waals surface area (Å²) in [7, 11) is 0. The molecule has 2 aromatic heterocycles. The second kappa shape index (κ2) is 7.64. The number of carboxylic acid groups (broad SMARTS) is 1. The van der Waals surface area contributed by atoms with E-state index in [0.717, 1.165) is 48.3 Å². The van der Waals surface area contributed by atoms with E-state index in [0.29, 0.717) is 22.8 Å². The molecule has 168 valence electrons. The molecule has 3 N–H and O–H groups in total. The molecule has 2 unspecified atom stereocenters. The number of oxazole rings is 1. The molecule has 8 nitrogen and oxygen atoms in total. The summed E-state index contributed by atoms with van der Waals surface area (Å²) in [6.45, 7) is 5.26. The van der Waals surface area contributed by atoms with E-state index in [1.165, 1.54) is 6.20 Å². The van der Waals surface area contributed by atoms with Gasteiger partial charge in [-0.2, -0.15) is 0 Å². The number of hydrogen-bond donors (Lipinski definition) is 2. The number of carboxylic acids is 1. The molecule has 1 aliphatic carbocycles. The minimum Gasteiger partial charge on any atom is -0.477 e. The maximum Gasteiger partial charge on any atom is 0.341 e. The molecule has 2 atom stereocenters.